The van der Waals surface area contributed by atoms with Gasteiger partial charge in [0.15, 0.2) is 15.2 Å². The van der Waals surface area contributed by atoms with E-state index < -0.39 is 5.97 Å². The molecule has 0 radical (unpaired) electrons. The number of carbonyl (C=O) groups excluding carboxylic acids is 2. The molecule has 0 aliphatic carbocycles. The molecule has 1 fully saturated rings. The summed E-state index contributed by atoms with van der Waals surface area (Å²) in [6, 6.07) is -0.0183. The highest BCUT2D eigenvalue weighted by Crippen LogP contribution is 2.28. The van der Waals surface area contributed by atoms with Gasteiger partial charge in [-0.25, -0.2) is 9.78 Å². The predicted octanol–water partition coefficient (Wildman–Crippen LogP) is 0.884. The lowest BCUT2D eigenvalue weighted by atomic mass is 10.3. The molecule has 0 saturated carbocycles. The van der Waals surface area contributed by atoms with Crippen molar-refractivity contribution in [3.05, 3.63) is 10.0 Å². The summed E-state index contributed by atoms with van der Waals surface area (Å²) in [5, 5.41) is 6.36. The van der Waals surface area contributed by atoms with Crippen molar-refractivity contribution < 1.29 is 14.3 Å². The number of aromatic nitrogens is 1. The molecule has 6 nitrogen and oxygen atoms in total. The Bertz CT molecular complexity index is 462. The van der Waals surface area contributed by atoms with Crippen LogP contribution in [0.15, 0.2) is 0 Å². The molecule has 8 heteroatoms. The number of ether oxygens (including phenoxy) is 1. The second kappa shape index (κ2) is 4.89. The van der Waals surface area contributed by atoms with Gasteiger partial charge in [-0.15, -0.1) is 0 Å². The van der Waals surface area contributed by atoms with E-state index in [0.29, 0.717) is 18.1 Å². The van der Waals surface area contributed by atoms with Crippen LogP contribution in [0.5, 0.6) is 0 Å². The van der Waals surface area contributed by atoms with E-state index in [-0.39, 0.29) is 22.0 Å². The fourth-order valence-corrected chi connectivity index (χ4v) is 2.64. The monoisotopic (exact) mass is 275 g/mol. The molecular weight excluding hydrogens is 266 g/mol. The molecule has 2 N–H and O–H groups in total. The van der Waals surface area contributed by atoms with Crippen molar-refractivity contribution in [1.82, 2.24) is 10.3 Å². The first kappa shape index (κ1) is 12.1. The van der Waals surface area contributed by atoms with Gasteiger partial charge in [-0.2, -0.15) is 0 Å². The zero-order chi connectivity index (χ0) is 12.4. The topological polar surface area (TPSA) is 80.3 Å². The third-order valence-corrected chi connectivity index (χ3v) is 3.61. The van der Waals surface area contributed by atoms with E-state index in [4.69, 9.17) is 11.6 Å². The standard InChI is InChI=1S/C9H10ClN3O3S/c1-16-8(15)6-7(10)13-9(17-6)12-4-2-5(14)11-3-4/h4H,2-3H2,1H3,(H,11,14)(H,12,13). The lowest BCUT2D eigenvalue weighted by molar-refractivity contribution is -0.119. The highest BCUT2D eigenvalue weighted by Gasteiger charge is 2.24. The lowest BCUT2D eigenvalue weighted by Gasteiger charge is -2.07. The average Bonchev–Trinajstić information content (AvgIpc) is 2.85. The second-order valence-corrected chi connectivity index (χ2v) is 4.84. The van der Waals surface area contributed by atoms with Crippen LogP contribution < -0.4 is 10.6 Å². The molecule has 1 unspecified atom stereocenters. The summed E-state index contributed by atoms with van der Waals surface area (Å²) < 4.78 is 4.57. The Morgan fingerprint density at radius 3 is 3.06 bits per heavy atom. The van der Waals surface area contributed by atoms with Crippen LogP contribution in [0.2, 0.25) is 5.15 Å². The van der Waals surface area contributed by atoms with Gasteiger partial charge in [-0.3, -0.25) is 4.79 Å². The molecule has 17 heavy (non-hydrogen) atoms. The number of thiazole rings is 1. The number of amides is 1. The number of rotatable bonds is 3. The SMILES string of the molecule is COC(=O)c1sc(NC2CNC(=O)C2)nc1Cl. The second-order valence-electron chi connectivity index (χ2n) is 3.48. The Kier molecular flexibility index (Phi) is 3.49. The van der Waals surface area contributed by atoms with E-state index in [0.717, 1.165) is 11.3 Å². The van der Waals surface area contributed by atoms with Crippen LogP contribution in [0.1, 0.15) is 16.1 Å². The van der Waals surface area contributed by atoms with Crippen LogP contribution in [0.25, 0.3) is 0 Å². The van der Waals surface area contributed by atoms with Gasteiger partial charge in [0.25, 0.3) is 0 Å². The molecular formula is C9H10ClN3O3S. The van der Waals surface area contributed by atoms with Crippen molar-refractivity contribution in [3.63, 3.8) is 0 Å². The molecule has 92 valence electrons. The maximum atomic E-state index is 11.3. The van der Waals surface area contributed by atoms with E-state index in [2.05, 4.69) is 20.4 Å². The van der Waals surface area contributed by atoms with Crippen LogP contribution in [0, 0.1) is 0 Å². The van der Waals surface area contributed by atoms with Crippen LogP contribution in [-0.4, -0.2) is 36.6 Å². The van der Waals surface area contributed by atoms with Gasteiger partial charge in [0.2, 0.25) is 5.91 Å². The molecule has 1 amide bonds. The van der Waals surface area contributed by atoms with E-state index in [1.807, 2.05) is 0 Å². The summed E-state index contributed by atoms with van der Waals surface area (Å²) >= 11 is 6.92. The number of nitrogens with one attached hydrogen (secondary N) is 2. The highest BCUT2D eigenvalue weighted by atomic mass is 35.5. The van der Waals surface area contributed by atoms with E-state index in [9.17, 15) is 9.59 Å². The molecule has 1 saturated heterocycles. The number of esters is 1. The molecule has 2 rings (SSSR count). The number of hydrogen-bond donors (Lipinski definition) is 2. The summed E-state index contributed by atoms with van der Waals surface area (Å²) in [5.41, 5.74) is 0. The number of anilines is 1. The molecule has 1 atom stereocenters. The molecule has 1 aromatic heterocycles. The molecule has 1 aromatic rings. The Morgan fingerprint density at radius 1 is 1.71 bits per heavy atom. The van der Waals surface area contributed by atoms with Gasteiger partial charge >= 0.3 is 5.97 Å². The predicted molar refractivity (Wildman–Crippen MR) is 63.5 cm³/mol. The van der Waals surface area contributed by atoms with Crippen molar-refractivity contribution >= 4 is 39.9 Å². The average molecular weight is 276 g/mol. The van der Waals surface area contributed by atoms with Crippen molar-refractivity contribution in [3.8, 4) is 0 Å². The largest absolute Gasteiger partial charge is 0.465 e. The Morgan fingerprint density at radius 2 is 2.47 bits per heavy atom. The Balaban J connectivity index is 2.07. The first-order valence-corrected chi connectivity index (χ1v) is 6.07. The van der Waals surface area contributed by atoms with Crippen LogP contribution >= 0.6 is 22.9 Å². The summed E-state index contributed by atoms with van der Waals surface area (Å²) in [6.45, 7) is 0.545. The molecule has 1 aliphatic rings. The van der Waals surface area contributed by atoms with Crippen molar-refractivity contribution in [2.24, 2.45) is 0 Å². The van der Waals surface area contributed by atoms with Gasteiger partial charge in [-0.05, 0) is 0 Å². The van der Waals surface area contributed by atoms with Gasteiger partial charge in [0, 0.05) is 13.0 Å². The zero-order valence-corrected chi connectivity index (χ0v) is 10.5. The quantitative estimate of drug-likeness (QED) is 0.801. The van der Waals surface area contributed by atoms with E-state index >= 15 is 0 Å². The van der Waals surface area contributed by atoms with E-state index in [1.165, 1.54) is 7.11 Å². The van der Waals surface area contributed by atoms with Crippen LogP contribution in [0.4, 0.5) is 5.13 Å². The third-order valence-electron chi connectivity index (χ3n) is 2.26. The van der Waals surface area contributed by atoms with Crippen molar-refractivity contribution in [2.45, 2.75) is 12.5 Å². The minimum absolute atomic E-state index is 0.00153. The Labute approximate surface area is 106 Å². The number of nitrogens with zero attached hydrogens (tertiary/aromatic N) is 1. The van der Waals surface area contributed by atoms with Gasteiger partial charge < -0.3 is 15.4 Å². The van der Waals surface area contributed by atoms with Gasteiger partial charge in [0.05, 0.1) is 13.2 Å². The minimum Gasteiger partial charge on any atom is -0.465 e. The maximum absolute atomic E-state index is 11.3. The lowest BCUT2D eigenvalue weighted by Crippen LogP contribution is -2.22. The summed E-state index contributed by atoms with van der Waals surface area (Å²) in [6.07, 6.45) is 0.394. The molecule has 2 heterocycles. The summed E-state index contributed by atoms with van der Waals surface area (Å²) in [4.78, 5) is 26.6. The number of carbonyl (C=O) groups is 2. The number of halogens is 1. The van der Waals surface area contributed by atoms with E-state index in [1.54, 1.807) is 0 Å². The zero-order valence-electron chi connectivity index (χ0n) is 8.95. The fourth-order valence-electron chi connectivity index (χ4n) is 1.46. The molecule has 1 aliphatic heterocycles. The normalized spacial score (nSPS) is 18.9. The Hall–Kier alpha value is -1.34. The first-order valence-electron chi connectivity index (χ1n) is 4.88. The number of methoxy groups -OCH3 is 1. The van der Waals surface area contributed by atoms with Crippen LogP contribution in [-0.2, 0) is 9.53 Å². The van der Waals surface area contributed by atoms with Crippen molar-refractivity contribution in [1.29, 1.82) is 0 Å². The van der Waals surface area contributed by atoms with Gasteiger partial charge in [0.1, 0.15) is 0 Å². The highest BCUT2D eigenvalue weighted by molar-refractivity contribution is 7.18. The number of hydrogen-bond acceptors (Lipinski definition) is 6. The van der Waals surface area contributed by atoms with Crippen LogP contribution in [0.3, 0.4) is 0 Å². The summed E-state index contributed by atoms with van der Waals surface area (Å²) in [5.74, 6) is -0.514. The molecule has 0 bridgehead atoms. The fraction of sp³-hybridized carbons (Fsp3) is 0.444. The first-order chi connectivity index (χ1) is 8.10. The van der Waals surface area contributed by atoms with Crippen molar-refractivity contribution in [2.75, 3.05) is 19.0 Å². The van der Waals surface area contributed by atoms with Gasteiger partial charge in [-0.1, -0.05) is 22.9 Å². The minimum atomic E-state index is -0.513. The maximum Gasteiger partial charge on any atom is 0.351 e. The third kappa shape index (κ3) is 2.67. The molecule has 0 spiro atoms. The smallest absolute Gasteiger partial charge is 0.351 e. The summed E-state index contributed by atoms with van der Waals surface area (Å²) in [7, 11) is 1.28. The molecule has 0 aromatic carbocycles.